The highest BCUT2D eigenvalue weighted by atomic mass is 16.6. The number of benzene rings is 1. The number of nitro groups is 1. The van der Waals surface area contributed by atoms with Gasteiger partial charge < -0.3 is 5.73 Å². The minimum Gasteiger partial charge on any atom is -0.384 e. The normalized spacial score (nSPS) is 10.5. The number of anilines is 1. The number of nitrogen functional groups attached to an aromatic ring is 1. The highest BCUT2D eigenvalue weighted by Gasteiger charge is 2.14. The number of nitrogens with two attached hydrogens (primary N) is 1. The summed E-state index contributed by atoms with van der Waals surface area (Å²) in [5.41, 5.74) is 8.05. The lowest BCUT2D eigenvalue weighted by molar-refractivity contribution is -0.384. The van der Waals surface area contributed by atoms with E-state index in [2.05, 4.69) is 5.10 Å². The Morgan fingerprint density at radius 3 is 2.71 bits per heavy atom. The zero-order chi connectivity index (χ0) is 12.6. The summed E-state index contributed by atoms with van der Waals surface area (Å²) in [6, 6.07) is 6.36. The van der Waals surface area contributed by atoms with Gasteiger partial charge >= 0.3 is 0 Å². The molecule has 2 N–H and O–H groups in total. The van der Waals surface area contributed by atoms with E-state index in [0.29, 0.717) is 17.1 Å². The molecule has 0 radical (unpaired) electrons. The van der Waals surface area contributed by atoms with Crippen LogP contribution < -0.4 is 5.73 Å². The molecular weight excluding hydrogens is 220 g/mol. The Hall–Kier alpha value is -2.37. The summed E-state index contributed by atoms with van der Waals surface area (Å²) in [4.78, 5) is 10.3. The maximum Gasteiger partial charge on any atom is 0.270 e. The fourth-order valence-electron chi connectivity index (χ4n) is 1.68. The molecule has 0 amide bonds. The van der Waals surface area contributed by atoms with Gasteiger partial charge in [0.25, 0.3) is 5.69 Å². The van der Waals surface area contributed by atoms with Gasteiger partial charge in [0.05, 0.1) is 10.6 Å². The van der Waals surface area contributed by atoms with Gasteiger partial charge in [0, 0.05) is 30.3 Å². The van der Waals surface area contributed by atoms with E-state index in [1.54, 1.807) is 23.9 Å². The third-order valence-corrected chi connectivity index (χ3v) is 2.67. The van der Waals surface area contributed by atoms with E-state index in [0.717, 1.165) is 5.56 Å². The lowest BCUT2D eigenvalue weighted by atomic mass is 10.1. The Kier molecular flexibility index (Phi) is 2.55. The molecular formula is C11H12N4O2. The van der Waals surface area contributed by atoms with Gasteiger partial charge in [-0.05, 0) is 6.92 Å². The van der Waals surface area contributed by atoms with Gasteiger partial charge in [-0.15, -0.1) is 0 Å². The summed E-state index contributed by atoms with van der Waals surface area (Å²) in [7, 11) is 1.74. The number of aryl methyl sites for hydroxylation is 1. The highest BCUT2D eigenvalue weighted by Crippen LogP contribution is 2.28. The second-order valence-corrected chi connectivity index (χ2v) is 3.79. The fraction of sp³-hybridized carbons (Fsp3) is 0.182. The molecule has 0 aliphatic heterocycles. The minimum atomic E-state index is -0.425. The second kappa shape index (κ2) is 3.89. The molecule has 6 nitrogen and oxygen atoms in total. The van der Waals surface area contributed by atoms with Crippen LogP contribution in [-0.4, -0.2) is 14.7 Å². The first-order valence-corrected chi connectivity index (χ1v) is 5.04. The van der Waals surface area contributed by atoms with Crippen molar-refractivity contribution in [3.63, 3.8) is 0 Å². The lowest BCUT2D eigenvalue weighted by Gasteiger charge is -1.98. The predicted molar refractivity (Wildman–Crippen MR) is 64.4 cm³/mol. The molecule has 0 spiro atoms. The average Bonchev–Trinajstić information content (AvgIpc) is 2.57. The maximum absolute atomic E-state index is 10.7. The highest BCUT2D eigenvalue weighted by molar-refractivity contribution is 5.69. The molecule has 0 aliphatic rings. The van der Waals surface area contributed by atoms with E-state index in [1.807, 2.05) is 6.92 Å². The van der Waals surface area contributed by atoms with Gasteiger partial charge in [-0.2, -0.15) is 5.10 Å². The number of hydrogen-bond acceptors (Lipinski definition) is 4. The van der Waals surface area contributed by atoms with Crippen LogP contribution in [-0.2, 0) is 7.05 Å². The van der Waals surface area contributed by atoms with Crippen molar-refractivity contribution in [1.82, 2.24) is 9.78 Å². The molecule has 0 atom stereocenters. The van der Waals surface area contributed by atoms with Crippen LogP contribution in [0.4, 0.5) is 11.5 Å². The zero-order valence-electron chi connectivity index (χ0n) is 9.54. The first-order chi connectivity index (χ1) is 8.00. The molecule has 2 rings (SSSR count). The smallest absolute Gasteiger partial charge is 0.270 e. The molecule has 2 aromatic rings. The van der Waals surface area contributed by atoms with Crippen LogP contribution in [0, 0.1) is 17.0 Å². The molecule has 0 unspecified atom stereocenters. The van der Waals surface area contributed by atoms with Gasteiger partial charge in [0.15, 0.2) is 0 Å². The molecule has 1 heterocycles. The Morgan fingerprint density at radius 1 is 1.47 bits per heavy atom. The van der Waals surface area contributed by atoms with Crippen LogP contribution in [0.1, 0.15) is 5.56 Å². The number of nitrogens with zero attached hydrogens (tertiary/aromatic N) is 3. The molecule has 0 saturated carbocycles. The van der Waals surface area contributed by atoms with Gasteiger partial charge in [0.2, 0.25) is 0 Å². The topological polar surface area (TPSA) is 87.0 Å². The Morgan fingerprint density at radius 2 is 2.18 bits per heavy atom. The summed E-state index contributed by atoms with van der Waals surface area (Å²) in [5, 5.41) is 14.9. The number of aromatic nitrogens is 2. The van der Waals surface area contributed by atoms with Crippen molar-refractivity contribution in [3.05, 3.63) is 39.9 Å². The maximum atomic E-state index is 10.7. The van der Waals surface area contributed by atoms with Crippen molar-refractivity contribution < 1.29 is 4.92 Å². The fourth-order valence-corrected chi connectivity index (χ4v) is 1.68. The van der Waals surface area contributed by atoms with E-state index in [4.69, 9.17) is 5.73 Å². The van der Waals surface area contributed by atoms with E-state index < -0.39 is 4.92 Å². The minimum absolute atomic E-state index is 0.0473. The molecule has 0 fully saturated rings. The van der Waals surface area contributed by atoms with Gasteiger partial charge in [-0.3, -0.25) is 14.8 Å². The standard InChI is InChI=1S/C11H12N4O2/c1-7-10(13-14(2)11(7)12)8-4-3-5-9(6-8)15(16)17/h3-6H,12H2,1-2H3. The Balaban J connectivity index is 2.56. The summed E-state index contributed by atoms with van der Waals surface area (Å²) in [6.45, 7) is 1.84. The van der Waals surface area contributed by atoms with Crippen molar-refractivity contribution in [2.75, 3.05) is 5.73 Å². The summed E-state index contributed by atoms with van der Waals surface area (Å²) >= 11 is 0. The first kappa shape index (κ1) is 11.1. The number of rotatable bonds is 2. The van der Waals surface area contributed by atoms with Crippen molar-refractivity contribution >= 4 is 11.5 Å². The third kappa shape index (κ3) is 1.84. The largest absolute Gasteiger partial charge is 0.384 e. The first-order valence-electron chi connectivity index (χ1n) is 5.04. The number of non-ortho nitro benzene ring substituents is 1. The molecule has 88 valence electrons. The average molecular weight is 232 g/mol. The summed E-state index contributed by atoms with van der Waals surface area (Å²) in [6.07, 6.45) is 0. The van der Waals surface area contributed by atoms with Crippen molar-refractivity contribution in [1.29, 1.82) is 0 Å². The summed E-state index contributed by atoms with van der Waals surface area (Å²) in [5.74, 6) is 0.562. The van der Waals surface area contributed by atoms with Crippen molar-refractivity contribution in [2.45, 2.75) is 6.92 Å². The molecule has 0 bridgehead atoms. The zero-order valence-corrected chi connectivity index (χ0v) is 9.54. The van der Waals surface area contributed by atoms with Crippen LogP contribution in [0.25, 0.3) is 11.3 Å². The molecule has 0 saturated heterocycles. The molecule has 0 aliphatic carbocycles. The summed E-state index contributed by atoms with van der Waals surface area (Å²) < 4.78 is 1.56. The van der Waals surface area contributed by atoms with E-state index in [9.17, 15) is 10.1 Å². The van der Waals surface area contributed by atoms with E-state index in [1.165, 1.54) is 12.1 Å². The van der Waals surface area contributed by atoms with Gasteiger partial charge in [0.1, 0.15) is 5.82 Å². The quantitative estimate of drug-likeness (QED) is 0.632. The lowest BCUT2D eigenvalue weighted by Crippen LogP contribution is -1.97. The van der Waals surface area contributed by atoms with Crippen LogP contribution in [0.3, 0.4) is 0 Å². The predicted octanol–water partition coefficient (Wildman–Crippen LogP) is 1.89. The van der Waals surface area contributed by atoms with Crippen LogP contribution in [0.2, 0.25) is 0 Å². The van der Waals surface area contributed by atoms with Crippen molar-refractivity contribution in [2.24, 2.45) is 7.05 Å². The van der Waals surface area contributed by atoms with Crippen molar-refractivity contribution in [3.8, 4) is 11.3 Å². The molecule has 6 heteroatoms. The van der Waals surface area contributed by atoms with Crippen LogP contribution in [0.5, 0.6) is 0 Å². The Bertz CT molecular complexity index is 589. The van der Waals surface area contributed by atoms with Crippen LogP contribution >= 0.6 is 0 Å². The van der Waals surface area contributed by atoms with Gasteiger partial charge in [-0.1, -0.05) is 12.1 Å². The van der Waals surface area contributed by atoms with Crippen LogP contribution in [0.15, 0.2) is 24.3 Å². The number of hydrogen-bond donors (Lipinski definition) is 1. The molecule has 17 heavy (non-hydrogen) atoms. The second-order valence-electron chi connectivity index (χ2n) is 3.79. The van der Waals surface area contributed by atoms with E-state index >= 15 is 0 Å². The van der Waals surface area contributed by atoms with E-state index in [-0.39, 0.29) is 5.69 Å². The molecule has 1 aromatic heterocycles. The SMILES string of the molecule is Cc1c(-c2cccc([N+](=O)[O-])c2)nn(C)c1N. The number of nitro benzene ring substituents is 1. The Labute approximate surface area is 97.8 Å². The molecule has 1 aromatic carbocycles. The monoisotopic (exact) mass is 232 g/mol. The third-order valence-electron chi connectivity index (χ3n) is 2.67. The van der Waals surface area contributed by atoms with Gasteiger partial charge in [-0.25, -0.2) is 0 Å².